The Morgan fingerprint density at radius 3 is 2.84 bits per heavy atom. The summed E-state index contributed by atoms with van der Waals surface area (Å²) < 4.78 is 1.01. The highest BCUT2D eigenvalue weighted by molar-refractivity contribution is 8.23. The number of amidine groups is 1. The molecule has 5 heteroatoms. The number of hydrogen-bond donors (Lipinski definition) is 0. The second kappa shape index (κ2) is 5.19. The van der Waals surface area contributed by atoms with Gasteiger partial charge in [0.15, 0.2) is 0 Å². The van der Waals surface area contributed by atoms with Crippen LogP contribution in [-0.4, -0.2) is 26.9 Å². The topological polar surface area (TPSA) is 15.6 Å². The van der Waals surface area contributed by atoms with Crippen molar-refractivity contribution in [2.45, 2.75) is 32.9 Å². The maximum absolute atomic E-state index is 5.52. The van der Waals surface area contributed by atoms with Gasteiger partial charge in [-0.15, -0.1) is 11.3 Å². The SMILES string of the molecule is CC(C)[C@H]1CSC(=S)N1C1=N[C@H](c2cccs2)[C@H]1C. The molecule has 1 fully saturated rings. The molecule has 0 saturated carbocycles. The maximum atomic E-state index is 5.52. The fourth-order valence-corrected chi connectivity index (χ4v) is 5.19. The molecular weight excluding hydrogens is 292 g/mol. The van der Waals surface area contributed by atoms with Crippen LogP contribution in [0.4, 0.5) is 0 Å². The zero-order valence-corrected chi connectivity index (χ0v) is 13.8. The van der Waals surface area contributed by atoms with Crippen LogP contribution in [0.2, 0.25) is 0 Å². The van der Waals surface area contributed by atoms with E-state index in [-0.39, 0.29) is 0 Å². The van der Waals surface area contributed by atoms with Crippen LogP contribution in [0.15, 0.2) is 22.5 Å². The molecule has 1 aromatic rings. The summed E-state index contributed by atoms with van der Waals surface area (Å²) in [6, 6.07) is 5.15. The molecule has 102 valence electrons. The lowest BCUT2D eigenvalue weighted by molar-refractivity contribution is 0.344. The second-order valence-corrected chi connectivity index (χ2v) is 8.13. The number of aliphatic imine (C=N–C) groups is 1. The van der Waals surface area contributed by atoms with Gasteiger partial charge in [0.25, 0.3) is 0 Å². The zero-order valence-electron chi connectivity index (χ0n) is 11.4. The van der Waals surface area contributed by atoms with Crippen molar-refractivity contribution >= 4 is 45.5 Å². The second-order valence-electron chi connectivity index (χ2n) is 5.49. The first-order valence-electron chi connectivity index (χ1n) is 6.66. The summed E-state index contributed by atoms with van der Waals surface area (Å²) in [7, 11) is 0. The van der Waals surface area contributed by atoms with Gasteiger partial charge in [-0.25, -0.2) is 0 Å². The van der Waals surface area contributed by atoms with Gasteiger partial charge in [-0.3, -0.25) is 4.99 Å². The molecule has 0 spiro atoms. The zero-order chi connectivity index (χ0) is 13.6. The van der Waals surface area contributed by atoms with Gasteiger partial charge in [-0.2, -0.15) is 0 Å². The summed E-state index contributed by atoms with van der Waals surface area (Å²) in [6.07, 6.45) is 0. The van der Waals surface area contributed by atoms with E-state index < -0.39 is 0 Å². The molecule has 3 rings (SSSR count). The van der Waals surface area contributed by atoms with Crippen molar-refractivity contribution < 1.29 is 0 Å². The Bertz CT molecular complexity index is 507. The van der Waals surface area contributed by atoms with E-state index in [4.69, 9.17) is 17.2 Å². The highest BCUT2D eigenvalue weighted by Gasteiger charge is 2.43. The van der Waals surface area contributed by atoms with E-state index in [1.165, 1.54) is 10.7 Å². The molecule has 0 N–H and O–H groups in total. The van der Waals surface area contributed by atoms with Gasteiger partial charge in [0, 0.05) is 22.6 Å². The number of rotatable bonds is 2. The summed E-state index contributed by atoms with van der Waals surface area (Å²) >= 11 is 9.11. The predicted molar refractivity (Wildman–Crippen MR) is 89.2 cm³/mol. The lowest BCUT2D eigenvalue weighted by atomic mass is 9.91. The van der Waals surface area contributed by atoms with Crippen molar-refractivity contribution in [3.05, 3.63) is 22.4 Å². The Balaban J connectivity index is 1.83. The lowest BCUT2D eigenvalue weighted by Crippen LogP contribution is -2.49. The van der Waals surface area contributed by atoms with Crippen LogP contribution in [0.3, 0.4) is 0 Å². The monoisotopic (exact) mass is 310 g/mol. The third-order valence-electron chi connectivity index (χ3n) is 3.91. The van der Waals surface area contributed by atoms with E-state index in [9.17, 15) is 0 Å². The molecule has 2 aliphatic rings. The lowest BCUT2D eigenvalue weighted by Gasteiger charge is -2.40. The summed E-state index contributed by atoms with van der Waals surface area (Å²) in [5.41, 5.74) is 0. The Morgan fingerprint density at radius 1 is 1.47 bits per heavy atom. The third-order valence-corrected chi connectivity index (χ3v) is 6.35. The fourth-order valence-electron chi connectivity index (χ4n) is 2.67. The minimum absolute atomic E-state index is 0.344. The molecule has 3 atom stereocenters. The molecule has 1 aromatic heterocycles. The van der Waals surface area contributed by atoms with Gasteiger partial charge >= 0.3 is 0 Å². The van der Waals surface area contributed by atoms with Crippen LogP contribution in [-0.2, 0) is 0 Å². The minimum atomic E-state index is 0.344. The minimum Gasteiger partial charge on any atom is -0.311 e. The summed E-state index contributed by atoms with van der Waals surface area (Å²) in [6.45, 7) is 6.81. The highest BCUT2D eigenvalue weighted by Crippen LogP contribution is 2.42. The Hall–Kier alpha value is -0.390. The molecule has 0 unspecified atom stereocenters. The summed E-state index contributed by atoms with van der Waals surface area (Å²) in [5.74, 6) is 3.40. The molecule has 0 radical (unpaired) electrons. The number of nitrogens with zero attached hydrogens (tertiary/aromatic N) is 2. The highest BCUT2D eigenvalue weighted by atomic mass is 32.2. The average Bonchev–Trinajstić information content (AvgIpc) is 2.99. The van der Waals surface area contributed by atoms with Gasteiger partial charge in [-0.05, 0) is 17.4 Å². The molecule has 1 saturated heterocycles. The van der Waals surface area contributed by atoms with Gasteiger partial charge < -0.3 is 4.90 Å². The fraction of sp³-hybridized carbons (Fsp3) is 0.571. The molecule has 0 amide bonds. The van der Waals surface area contributed by atoms with E-state index in [0.717, 1.165) is 10.1 Å². The van der Waals surface area contributed by atoms with Gasteiger partial charge in [0.2, 0.25) is 0 Å². The van der Waals surface area contributed by atoms with Crippen molar-refractivity contribution in [1.82, 2.24) is 4.90 Å². The number of thiocarbonyl (C=S) groups is 1. The number of thioether (sulfide) groups is 1. The maximum Gasteiger partial charge on any atom is 0.142 e. The van der Waals surface area contributed by atoms with Crippen LogP contribution >= 0.6 is 35.3 Å². The molecule has 0 bridgehead atoms. The van der Waals surface area contributed by atoms with Crippen molar-refractivity contribution in [1.29, 1.82) is 0 Å². The van der Waals surface area contributed by atoms with E-state index in [0.29, 0.717) is 23.9 Å². The summed E-state index contributed by atoms with van der Waals surface area (Å²) in [4.78, 5) is 8.55. The van der Waals surface area contributed by atoms with Crippen molar-refractivity contribution in [3.8, 4) is 0 Å². The standard InChI is InChI=1S/C14H18N2S3/c1-8(2)10-7-19-14(17)16(10)13-9(3)12(15-13)11-5-4-6-18-11/h4-6,8-10,12H,7H2,1-3H3/t9-,10-,12+/m1/s1. The largest absolute Gasteiger partial charge is 0.311 e. The van der Waals surface area contributed by atoms with Crippen molar-refractivity contribution in [2.24, 2.45) is 16.8 Å². The van der Waals surface area contributed by atoms with E-state index in [1.807, 2.05) is 0 Å². The Kier molecular flexibility index (Phi) is 3.71. The molecule has 0 aromatic carbocycles. The molecule has 2 nitrogen and oxygen atoms in total. The molecule has 2 aliphatic heterocycles. The quantitative estimate of drug-likeness (QED) is 0.762. The smallest absolute Gasteiger partial charge is 0.142 e. The molecular formula is C14H18N2S3. The van der Waals surface area contributed by atoms with Gasteiger partial charge in [0.1, 0.15) is 10.2 Å². The van der Waals surface area contributed by atoms with Crippen LogP contribution in [0.1, 0.15) is 31.7 Å². The van der Waals surface area contributed by atoms with Crippen LogP contribution < -0.4 is 0 Å². The van der Waals surface area contributed by atoms with E-state index in [1.54, 1.807) is 23.1 Å². The van der Waals surface area contributed by atoms with Crippen LogP contribution in [0, 0.1) is 11.8 Å². The predicted octanol–water partition coefficient (Wildman–Crippen LogP) is 4.20. The van der Waals surface area contributed by atoms with Crippen molar-refractivity contribution in [3.63, 3.8) is 0 Å². The van der Waals surface area contributed by atoms with E-state index >= 15 is 0 Å². The first-order valence-corrected chi connectivity index (χ1v) is 8.94. The van der Waals surface area contributed by atoms with Crippen LogP contribution in [0.5, 0.6) is 0 Å². The first-order chi connectivity index (χ1) is 9.09. The third kappa shape index (κ3) is 2.26. The molecule has 19 heavy (non-hydrogen) atoms. The first kappa shape index (κ1) is 13.6. The number of hydrogen-bond acceptors (Lipinski definition) is 4. The van der Waals surface area contributed by atoms with Crippen LogP contribution in [0.25, 0.3) is 0 Å². The Morgan fingerprint density at radius 2 is 2.26 bits per heavy atom. The Labute approximate surface area is 128 Å². The number of thiophene rings is 1. The molecule has 0 aliphatic carbocycles. The average molecular weight is 311 g/mol. The summed E-state index contributed by atoms with van der Waals surface area (Å²) in [5, 5.41) is 2.13. The molecule has 3 heterocycles. The van der Waals surface area contributed by atoms with Crippen molar-refractivity contribution in [2.75, 3.05) is 5.75 Å². The van der Waals surface area contributed by atoms with Gasteiger partial charge in [-0.1, -0.05) is 50.8 Å². The van der Waals surface area contributed by atoms with Gasteiger partial charge in [0.05, 0.1) is 6.04 Å². The van der Waals surface area contributed by atoms with E-state index in [2.05, 4.69) is 43.2 Å². The normalized spacial score (nSPS) is 30.7.